The minimum Gasteiger partial charge on any atom is -0.489 e. The molecule has 0 radical (unpaired) electrons. The van der Waals surface area contributed by atoms with Crippen LogP contribution in [-0.2, 0) is 0 Å². The maximum atomic E-state index is 9.24. The Hall–Kier alpha value is -2.61. The number of nitrogens with zero attached hydrogens (tertiary/aromatic N) is 3. The molecule has 0 saturated heterocycles. The Kier molecular flexibility index (Phi) is 4.72. The highest BCUT2D eigenvalue weighted by Crippen LogP contribution is 2.17. The molecular weight excluding hydrogens is 264 g/mol. The zero-order chi connectivity index (χ0) is 15.2. The van der Waals surface area contributed by atoms with Gasteiger partial charge in [0.2, 0.25) is 0 Å². The SMILES string of the molecule is Cc1nnc(NCC(C)Oc2ccccc2)c(C#N)c1C. The molecule has 0 amide bonds. The number of rotatable bonds is 5. The Bertz CT molecular complexity index is 649. The molecule has 1 unspecified atom stereocenters. The molecule has 0 fully saturated rings. The predicted molar refractivity (Wildman–Crippen MR) is 81.2 cm³/mol. The van der Waals surface area contributed by atoms with Crippen molar-refractivity contribution in [3.8, 4) is 11.8 Å². The van der Waals surface area contributed by atoms with Crippen molar-refractivity contribution >= 4 is 5.82 Å². The number of nitrogens with one attached hydrogen (secondary N) is 1. The maximum absolute atomic E-state index is 9.24. The monoisotopic (exact) mass is 282 g/mol. The molecule has 1 aromatic heterocycles. The third-order valence-corrected chi connectivity index (χ3v) is 3.20. The molecule has 1 atom stereocenters. The summed E-state index contributed by atoms with van der Waals surface area (Å²) >= 11 is 0. The Morgan fingerprint density at radius 3 is 2.62 bits per heavy atom. The van der Waals surface area contributed by atoms with E-state index in [9.17, 15) is 5.26 Å². The van der Waals surface area contributed by atoms with Gasteiger partial charge in [-0.05, 0) is 38.5 Å². The van der Waals surface area contributed by atoms with Gasteiger partial charge in [0.25, 0.3) is 0 Å². The van der Waals surface area contributed by atoms with Gasteiger partial charge in [-0.3, -0.25) is 0 Å². The Labute approximate surface area is 124 Å². The Morgan fingerprint density at radius 2 is 1.95 bits per heavy atom. The third-order valence-electron chi connectivity index (χ3n) is 3.20. The van der Waals surface area contributed by atoms with Gasteiger partial charge in [-0.15, -0.1) is 5.10 Å². The van der Waals surface area contributed by atoms with E-state index in [4.69, 9.17) is 4.74 Å². The molecule has 0 bridgehead atoms. The molecule has 108 valence electrons. The molecule has 0 saturated carbocycles. The van der Waals surface area contributed by atoms with Gasteiger partial charge in [0, 0.05) is 0 Å². The second-order valence-corrected chi connectivity index (χ2v) is 4.87. The normalized spacial score (nSPS) is 11.5. The summed E-state index contributed by atoms with van der Waals surface area (Å²) < 4.78 is 5.77. The topological polar surface area (TPSA) is 70.8 Å². The van der Waals surface area contributed by atoms with Crippen LogP contribution >= 0.6 is 0 Å². The lowest BCUT2D eigenvalue weighted by atomic mass is 10.1. The van der Waals surface area contributed by atoms with Crippen molar-refractivity contribution in [1.82, 2.24) is 10.2 Å². The summed E-state index contributed by atoms with van der Waals surface area (Å²) in [6, 6.07) is 11.8. The number of para-hydroxylation sites is 1. The van der Waals surface area contributed by atoms with Crippen molar-refractivity contribution in [2.24, 2.45) is 0 Å². The standard InChI is InChI=1S/C16H18N4O/c1-11(21-14-7-5-4-6-8-14)10-18-16-15(9-17)12(2)13(3)19-20-16/h4-8,11H,10H2,1-3H3,(H,18,20). The highest BCUT2D eigenvalue weighted by atomic mass is 16.5. The molecule has 2 rings (SSSR count). The number of anilines is 1. The van der Waals surface area contributed by atoms with E-state index in [1.807, 2.05) is 51.1 Å². The van der Waals surface area contributed by atoms with Crippen LogP contribution in [-0.4, -0.2) is 22.8 Å². The molecule has 21 heavy (non-hydrogen) atoms. The lowest BCUT2D eigenvalue weighted by Gasteiger charge is -2.16. The van der Waals surface area contributed by atoms with Gasteiger partial charge in [-0.25, -0.2) is 0 Å². The van der Waals surface area contributed by atoms with Crippen LogP contribution in [0, 0.1) is 25.2 Å². The third kappa shape index (κ3) is 3.69. The van der Waals surface area contributed by atoms with Crippen molar-refractivity contribution in [2.45, 2.75) is 26.9 Å². The zero-order valence-corrected chi connectivity index (χ0v) is 12.4. The van der Waals surface area contributed by atoms with Crippen molar-refractivity contribution in [3.05, 3.63) is 47.2 Å². The van der Waals surface area contributed by atoms with E-state index in [1.54, 1.807) is 0 Å². The first-order chi connectivity index (χ1) is 10.1. The molecule has 1 heterocycles. The van der Waals surface area contributed by atoms with Crippen molar-refractivity contribution < 1.29 is 4.74 Å². The quantitative estimate of drug-likeness (QED) is 0.913. The number of ether oxygens (including phenoxy) is 1. The summed E-state index contributed by atoms with van der Waals surface area (Å²) in [5.74, 6) is 1.32. The Balaban J connectivity index is 2.00. The van der Waals surface area contributed by atoms with Gasteiger partial charge >= 0.3 is 0 Å². The van der Waals surface area contributed by atoms with Crippen molar-refractivity contribution in [2.75, 3.05) is 11.9 Å². The van der Waals surface area contributed by atoms with Crippen molar-refractivity contribution in [3.63, 3.8) is 0 Å². The minimum atomic E-state index is -0.0534. The van der Waals surface area contributed by atoms with Crippen molar-refractivity contribution in [1.29, 1.82) is 5.26 Å². The molecule has 2 aromatic rings. The van der Waals surface area contributed by atoms with E-state index >= 15 is 0 Å². The van der Waals surface area contributed by atoms with Gasteiger partial charge in [-0.1, -0.05) is 18.2 Å². The summed E-state index contributed by atoms with van der Waals surface area (Å²) in [5.41, 5.74) is 2.16. The van der Waals surface area contributed by atoms with Crippen LogP contribution in [0.5, 0.6) is 5.75 Å². The maximum Gasteiger partial charge on any atom is 0.167 e. The highest BCUT2D eigenvalue weighted by Gasteiger charge is 2.12. The number of aromatic nitrogens is 2. The summed E-state index contributed by atoms with van der Waals surface area (Å²) in [6.07, 6.45) is -0.0534. The minimum absolute atomic E-state index is 0.0534. The first-order valence-electron chi connectivity index (χ1n) is 6.81. The molecule has 1 aromatic carbocycles. The van der Waals surface area contributed by atoms with Crippen LogP contribution in [0.15, 0.2) is 30.3 Å². The smallest absolute Gasteiger partial charge is 0.167 e. The largest absolute Gasteiger partial charge is 0.489 e. The molecular formula is C16H18N4O. The number of aryl methyl sites for hydroxylation is 1. The fourth-order valence-electron chi connectivity index (χ4n) is 1.88. The zero-order valence-electron chi connectivity index (χ0n) is 12.4. The fourth-order valence-corrected chi connectivity index (χ4v) is 1.88. The van der Waals surface area contributed by atoms with Crippen LogP contribution in [0.25, 0.3) is 0 Å². The van der Waals surface area contributed by atoms with Crippen LogP contribution in [0.4, 0.5) is 5.82 Å². The highest BCUT2D eigenvalue weighted by molar-refractivity contribution is 5.55. The predicted octanol–water partition coefficient (Wildman–Crippen LogP) is 2.84. The van der Waals surface area contributed by atoms with Crippen LogP contribution in [0.2, 0.25) is 0 Å². The molecule has 5 nitrogen and oxygen atoms in total. The second-order valence-electron chi connectivity index (χ2n) is 4.87. The average molecular weight is 282 g/mol. The van der Waals surface area contributed by atoms with E-state index in [0.717, 1.165) is 17.0 Å². The fraction of sp³-hybridized carbons (Fsp3) is 0.312. The lowest BCUT2D eigenvalue weighted by molar-refractivity contribution is 0.234. The molecule has 0 aliphatic carbocycles. The molecule has 0 aliphatic rings. The number of nitriles is 1. The van der Waals surface area contributed by atoms with E-state index in [0.29, 0.717) is 17.9 Å². The summed E-state index contributed by atoms with van der Waals surface area (Å²) in [6.45, 7) is 6.22. The summed E-state index contributed by atoms with van der Waals surface area (Å²) in [7, 11) is 0. The summed E-state index contributed by atoms with van der Waals surface area (Å²) in [5, 5.41) is 20.5. The van der Waals surface area contributed by atoms with E-state index in [1.165, 1.54) is 0 Å². The number of hydrogen-bond acceptors (Lipinski definition) is 5. The van der Waals surface area contributed by atoms with E-state index < -0.39 is 0 Å². The molecule has 0 aliphatic heterocycles. The lowest BCUT2D eigenvalue weighted by Crippen LogP contribution is -2.23. The number of hydrogen-bond donors (Lipinski definition) is 1. The van der Waals surface area contributed by atoms with Crippen LogP contribution in [0.1, 0.15) is 23.7 Å². The average Bonchev–Trinajstić information content (AvgIpc) is 2.49. The van der Waals surface area contributed by atoms with Gasteiger partial charge < -0.3 is 10.1 Å². The molecule has 5 heteroatoms. The van der Waals surface area contributed by atoms with Gasteiger partial charge in [-0.2, -0.15) is 10.4 Å². The Morgan fingerprint density at radius 1 is 1.24 bits per heavy atom. The van der Waals surface area contributed by atoms with Crippen LogP contribution < -0.4 is 10.1 Å². The van der Waals surface area contributed by atoms with E-state index in [-0.39, 0.29) is 6.10 Å². The first kappa shape index (κ1) is 14.8. The van der Waals surface area contributed by atoms with Gasteiger partial charge in [0.05, 0.1) is 12.2 Å². The first-order valence-corrected chi connectivity index (χ1v) is 6.81. The summed E-state index contributed by atoms with van der Waals surface area (Å²) in [4.78, 5) is 0. The van der Waals surface area contributed by atoms with Gasteiger partial charge in [0.15, 0.2) is 5.82 Å². The molecule has 0 spiro atoms. The van der Waals surface area contributed by atoms with Crippen LogP contribution in [0.3, 0.4) is 0 Å². The molecule has 1 N–H and O–H groups in total. The number of benzene rings is 1. The van der Waals surface area contributed by atoms with Gasteiger partial charge in [0.1, 0.15) is 23.5 Å². The second kappa shape index (κ2) is 6.71. The van der Waals surface area contributed by atoms with E-state index in [2.05, 4.69) is 21.6 Å².